The second-order valence-corrected chi connectivity index (χ2v) is 6.75. The van der Waals surface area contributed by atoms with Crippen LogP contribution in [0.3, 0.4) is 0 Å². The summed E-state index contributed by atoms with van der Waals surface area (Å²) in [6.07, 6.45) is -0.364. The molecule has 28 heavy (non-hydrogen) atoms. The highest BCUT2D eigenvalue weighted by atomic mass is 19.4. The second kappa shape index (κ2) is 6.78. The SMILES string of the molecule is Cc1ccccc1C(=O)N[C@@H]1CCc2nn(-c3ccnc(C(F)(F)F)c3)cc21. The van der Waals surface area contributed by atoms with Gasteiger partial charge >= 0.3 is 6.18 Å². The van der Waals surface area contributed by atoms with Crippen LogP contribution in [0.2, 0.25) is 0 Å². The van der Waals surface area contributed by atoms with Gasteiger partial charge in [0.15, 0.2) is 0 Å². The van der Waals surface area contributed by atoms with Gasteiger partial charge in [-0.25, -0.2) is 4.68 Å². The normalized spacial score (nSPS) is 16.1. The molecule has 1 atom stereocenters. The minimum absolute atomic E-state index is 0.174. The van der Waals surface area contributed by atoms with Crippen molar-refractivity contribution in [3.05, 3.63) is 76.9 Å². The number of fused-ring (bicyclic) bond motifs is 1. The Morgan fingerprint density at radius 3 is 2.79 bits per heavy atom. The number of benzene rings is 1. The average molecular weight is 386 g/mol. The maximum atomic E-state index is 12.9. The molecule has 0 unspecified atom stereocenters. The summed E-state index contributed by atoms with van der Waals surface area (Å²) in [4.78, 5) is 16.0. The van der Waals surface area contributed by atoms with Crippen LogP contribution < -0.4 is 5.32 Å². The van der Waals surface area contributed by atoms with E-state index in [1.165, 1.54) is 10.7 Å². The van der Waals surface area contributed by atoms with Crippen molar-refractivity contribution in [1.82, 2.24) is 20.1 Å². The molecule has 1 aliphatic rings. The number of aromatic nitrogens is 3. The Balaban J connectivity index is 1.58. The van der Waals surface area contributed by atoms with E-state index in [2.05, 4.69) is 15.4 Å². The Kier molecular flexibility index (Phi) is 4.41. The molecule has 1 aliphatic carbocycles. The molecule has 0 saturated carbocycles. The molecule has 0 spiro atoms. The van der Waals surface area contributed by atoms with E-state index < -0.39 is 11.9 Å². The first kappa shape index (κ1) is 18.2. The standard InChI is InChI=1S/C20H17F3N4O/c1-12-4-2-3-5-14(12)19(28)25-16-6-7-17-15(16)11-27(26-17)13-8-9-24-18(10-13)20(21,22)23/h2-5,8-11,16H,6-7H2,1H3,(H,25,28)/t16-/m1/s1. The van der Waals surface area contributed by atoms with Gasteiger partial charge in [0.25, 0.3) is 5.91 Å². The van der Waals surface area contributed by atoms with Crippen LogP contribution >= 0.6 is 0 Å². The Hall–Kier alpha value is -3.16. The number of amides is 1. The largest absolute Gasteiger partial charge is 0.433 e. The summed E-state index contributed by atoms with van der Waals surface area (Å²) in [7, 11) is 0. The Labute approximate surface area is 159 Å². The summed E-state index contributed by atoms with van der Waals surface area (Å²) in [6.45, 7) is 1.87. The summed E-state index contributed by atoms with van der Waals surface area (Å²) in [5, 5.41) is 7.41. The molecular weight excluding hydrogens is 369 g/mol. The summed E-state index contributed by atoms with van der Waals surface area (Å²) in [5.74, 6) is -0.174. The van der Waals surface area contributed by atoms with Crippen molar-refractivity contribution in [2.24, 2.45) is 0 Å². The molecule has 1 aromatic carbocycles. The maximum absolute atomic E-state index is 12.9. The highest BCUT2D eigenvalue weighted by Gasteiger charge is 2.33. The predicted molar refractivity (Wildman–Crippen MR) is 96.1 cm³/mol. The fraction of sp³-hybridized carbons (Fsp3) is 0.250. The lowest BCUT2D eigenvalue weighted by Gasteiger charge is -2.14. The van der Waals surface area contributed by atoms with Gasteiger partial charge in [-0.2, -0.15) is 18.3 Å². The lowest BCUT2D eigenvalue weighted by atomic mass is 10.1. The van der Waals surface area contributed by atoms with Crippen molar-refractivity contribution in [3.8, 4) is 5.69 Å². The van der Waals surface area contributed by atoms with Crippen LogP contribution in [0.5, 0.6) is 0 Å². The van der Waals surface area contributed by atoms with Crippen molar-refractivity contribution in [2.45, 2.75) is 32.0 Å². The fourth-order valence-corrected chi connectivity index (χ4v) is 3.41. The van der Waals surface area contributed by atoms with Gasteiger partial charge in [-0.1, -0.05) is 18.2 Å². The van der Waals surface area contributed by atoms with E-state index >= 15 is 0 Å². The third-order valence-electron chi connectivity index (χ3n) is 4.86. The lowest BCUT2D eigenvalue weighted by molar-refractivity contribution is -0.141. The Bertz CT molecular complexity index is 1040. The van der Waals surface area contributed by atoms with Crippen LogP contribution in [0.1, 0.15) is 45.3 Å². The second-order valence-electron chi connectivity index (χ2n) is 6.75. The molecule has 3 aromatic rings. The van der Waals surface area contributed by atoms with Crippen molar-refractivity contribution < 1.29 is 18.0 Å². The molecule has 0 saturated heterocycles. The average Bonchev–Trinajstić information content (AvgIpc) is 3.23. The first-order valence-corrected chi connectivity index (χ1v) is 8.81. The van der Waals surface area contributed by atoms with E-state index in [0.29, 0.717) is 18.4 Å². The number of halogens is 3. The predicted octanol–water partition coefficient (Wildman–Crippen LogP) is 4.01. The van der Waals surface area contributed by atoms with Crippen LogP contribution in [-0.4, -0.2) is 20.7 Å². The molecule has 2 heterocycles. The van der Waals surface area contributed by atoms with E-state index in [9.17, 15) is 18.0 Å². The van der Waals surface area contributed by atoms with E-state index in [0.717, 1.165) is 29.1 Å². The van der Waals surface area contributed by atoms with Gasteiger partial charge in [0.1, 0.15) is 5.69 Å². The number of carbonyl (C=O) groups is 1. The van der Waals surface area contributed by atoms with Gasteiger partial charge in [0.2, 0.25) is 0 Å². The van der Waals surface area contributed by atoms with E-state index in [1.54, 1.807) is 12.3 Å². The molecule has 8 heteroatoms. The van der Waals surface area contributed by atoms with Crippen molar-refractivity contribution in [2.75, 3.05) is 0 Å². The number of pyridine rings is 1. The Morgan fingerprint density at radius 1 is 1.25 bits per heavy atom. The van der Waals surface area contributed by atoms with Gasteiger partial charge < -0.3 is 5.32 Å². The van der Waals surface area contributed by atoms with Gasteiger partial charge in [-0.3, -0.25) is 9.78 Å². The van der Waals surface area contributed by atoms with Crippen LogP contribution in [0.4, 0.5) is 13.2 Å². The first-order chi connectivity index (χ1) is 13.3. The van der Waals surface area contributed by atoms with Gasteiger partial charge in [-0.05, 0) is 43.5 Å². The minimum Gasteiger partial charge on any atom is -0.345 e. The quantitative estimate of drug-likeness (QED) is 0.740. The van der Waals surface area contributed by atoms with Crippen LogP contribution in [0, 0.1) is 6.92 Å². The van der Waals surface area contributed by atoms with Gasteiger partial charge in [-0.15, -0.1) is 0 Å². The number of rotatable bonds is 3. The summed E-state index contributed by atoms with van der Waals surface area (Å²) in [6, 6.07) is 9.52. The van der Waals surface area contributed by atoms with Crippen LogP contribution in [0.15, 0.2) is 48.8 Å². The highest BCUT2D eigenvalue weighted by molar-refractivity contribution is 5.95. The molecule has 0 fully saturated rings. The van der Waals surface area contributed by atoms with E-state index in [4.69, 9.17) is 0 Å². The van der Waals surface area contributed by atoms with E-state index in [-0.39, 0.29) is 17.6 Å². The van der Waals surface area contributed by atoms with Crippen LogP contribution in [0.25, 0.3) is 5.69 Å². The molecule has 0 bridgehead atoms. The molecule has 144 valence electrons. The van der Waals surface area contributed by atoms with Crippen LogP contribution in [-0.2, 0) is 12.6 Å². The smallest absolute Gasteiger partial charge is 0.345 e. The fourth-order valence-electron chi connectivity index (χ4n) is 3.41. The highest BCUT2D eigenvalue weighted by Crippen LogP contribution is 2.32. The molecule has 5 nitrogen and oxygen atoms in total. The Morgan fingerprint density at radius 2 is 2.04 bits per heavy atom. The number of carbonyl (C=O) groups excluding carboxylic acids is 1. The third kappa shape index (κ3) is 3.37. The summed E-state index contributed by atoms with van der Waals surface area (Å²) < 4.78 is 40.1. The number of alkyl halides is 3. The van der Waals surface area contributed by atoms with Crippen molar-refractivity contribution >= 4 is 5.91 Å². The number of aryl methyl sites for hydroxylation is 2. The molecule has 2 aromatic heterocycles. The van der Waals surface area contributed by atoms with E-state index in [1.807, 2.05) is 25.1 Å². The number of hydrogen-bond donors (Lipinski definition) is 1. The summed E-state index contributed by atoms with van der Waals surface area (Å²) >= 11 is 0. The zero-order valence-electron chi connectivity index (χ0n) is 15.0. The van der Waals surface area contributed by atoms with Gasteiger partial charge in [0, 0.05) is 23.5 Å². The van der Waals surface area contributed by atoms with Crippen molar-refractivity contribution in [1.29, 1.82) is 0 Å². The van der Waals surface area contributed by atoms with Crippen molar-refractivity contribution in [3.63, 3.8) is 0 Å². The number of nitrogens with one attached hydrogen (secondary N) is 1. The lowest BCUT2D eigenvalue weighted by Crippen LogP contribution is -2.27. The maximum Gasteiger partial charge on any atom is 0.433 e. The van der Waals surface area contributed by atoms with Gasteiger partial charge in [0.05, 0.1) is 17.4 Å². The monoisotopic (exact) mass is 386 g/mol. The number of hydrogen-bond acceptors (Lipinski definition) is 3. The molecule has 1 N–H and O–H groups in total. The molecule has 0 aliphatic heterocycles. The zero-order chi connectivity index (χ0) is 19.9. The third-order valence-corrected chi connectivity index (χ3v) is 4.86. The molecular formula is C20H17F3N4O. The summed E-state index contributed by atoms with van der Waals surface area (Å²) in [5.41, 5.74) is 2.40. The number of nitrogens with zero attached hydrogens (tertiary/aromatic N) is 3. The molecule has 0 radical (unpaired) electrons. The minimum atomic E-state index is -4.52. The molecule has 4 rings (SSSR count). The zero-order valence-corrected chi connectivity index (χ0v) is 15.0. The molecule has 1 amide bonds. The first-order valence-electron chi connectivity index (χ1n) is 8.81. The topological polar surface area (TPSA) is 59.8 Å².